The minimum absolute atomic E-state index is 0.192. The number of halogens is 1. The van der Waals surface area contributed by atoms with E-state index in [0.717, 1.165) is 30.0 Å². The summed E-state index contributed by atoms with van der Waals surface area (Å²) in [5.41, 5.74) is 2.01. The fourth-order valence-electron chi connectivity index (χ4n) is 3.69. The van der Waals surface area contributed by atoms with Crippen LogP contribution in [0.15, 0.2) is 66.9 Å². The van der Waals surface area contributed by atoms with Gasteiger partial charge in [0.15, 0.2) is 0 Å². The van der Waals surface area contributed by atoms with Crippen LogP contribution in [0.3, 0.4) is 0 Å². The van der Waals surface area contributed by atoms with Crippen LogP contribution in [0, 0.1) is 5.82 Å². The van der Waals surface area contributed by atoms with Gasteiger partial charge in [-0.05, 0) is 60.5 Å². The maximum Gasteiger partial charge on any atom is 0.123 e. The standard InChI is InChI=1S/C26H33FN2O4/c1-31-15-5-13-28(19-24(30)20-33-26-11-9-25(32-2)10-12-26)18-23-8-4-14-29(23)17-21-6-3-7-22(27)16-21/h3-4,6-12,14,16,24,30H,5,13,15,17-20H2,1-2H3. The van der Waals surface area contributed by atoms with Gasteiger partial charge in [0.1, 0.15) is 30.0 Å². The zero-order valence-electron chi connectivity index (χ0n) is 19.3. The second kappa shape index (κ2) is 13.0. The molecule has 0 radical (unpaired) electrons. The highest BCUT2D eigenvalue weighted by molar-refractivity contribution is 5.31. The minimum atomic E-state index is -0.652. The molecule has 178 valence electrons. The average molecular weight is 457 g/mol. The molecule has 3 rings (SSSR count). The molecule has 2 aromatic carbocycles. The maximum atomic E-state index is 13.6. The number of rotatable bonds is 14. The smallest absolute Gasteiger partial charge is 0.123 e. The van der Waals surface area contributed by atoms with E-state index >= 15 is 0 Å². The zero-order valence-corrected chi connectivity index (χ0v) is 19.3. The summed E-state index contributed by atoms with van der Waals surface area (Å²) in [4.78, 5) is 2.19. The van der Waals surface area contributed by atoms with Gasteiger partial charge in [-0.15, -0.1) is 0 Å². The molecule has 0 aliphatic carbocycles. The quantitative estimate of drug-likeness (QED) is 0.372. The van der Waals surface area contributed by atoms with Crippen molar-refractivity contribution < 1.29 is 23.7 Å². The van der Waals surface area contributed by atoms with Crippen molar-refractivity contribution >= 4 is 0 Å². The first kappa shape index (κ1) is 24.8. The SMILES string of the molecule is COCCCN(Cc1cccn1Cc1cccc(F)c1)CC(O)COc1ccc(OC)cc1. The number of hydrogen-bond donors (Lipinski definition) is 1. The molecular weight excluding hydrogens is 423 g/mol. The molecule has 1 unspecified atom stereocenters. The Morgan fingerprint density at radius 3 is 2.55 bits per heavy atom. The van der Waals surface area contributed by atoms with Gasteiger partial charge in [0.05, 0.1) is 7.11 Å². The molecule has 0 aliphatic rings. The third kappa shape index (κ3) is 8.20. The molecular formula is C26H33FN2O4. The lowest BCUT2D eigenvalue weighted by Crippen LogP contribution is -2.36. The summed E-state index contributed by atoms with van der Waals surface area (Å²) in [5.74, 6) is 1.21. The number of methoxy groups -OCH3 is 2. The molecule has 0 saturated carbocycles. The molecule has 0 spiro atoms. The Morgan fingerprint density at radius 2 is 1.82 bits per heavy atom. The molecule has 3 aromatic rings. The van der Waals surface area contributed by atoms with Crippen LogP contribution < -0.4 is 9.47 Å². The highest BCUT2D eigenvalue weighted by Crippen LogP contribution is 2.17. The minimum Gasteiger partial charge on any atom is -0.497 e. The van der Waals surface area contributed by atoms with E-state index in [2.05, 4.69) is 15.5 Å². The zero-order chi connectivity index (χ0) is 23.5. The van der Waals surface area contributed by atoms with Crippen molar-refractivity contribution in [1.82, 2.24) is 9.47 Å². The van der Waals surface area contributed by atoms with Crippen LogP contribution >= 0.6 is 0 Å². The van der Waals surface area contributed by atoms with Crippen LogP contribution in [-0.2, 0) is 17.8 Å². The van der Waals surface area contributed by atoms with Gasteiger partial charge in [-0.25, -0.2) is 4.39 Å². The highest BCUT2D eigenvalue weighted by Gasteiger charge is 2.15. The molecule has 7 heteroatoms. The molecule has 0 bridgehead atoms. The first-order valence-corrected chi connectivity index (χ1v) is 11.1. The van der Waals surface area contributed by atoms with Crippen LogP contribution in [0.4, 0.5) is 4.39 Å². The molecule has 6 nitrogen and oxygen atoms in total. The van der Waals surface area contributed by atoms with E-state index in [4.69, 9.17) is 14.2 Å². The summed E-state index contributed by atoms with van der Waals surface area (Å²) >= 11 is 0. The lowest BCUT2D eigenvalue weighted by atomic mass is 10.2. The number of benzene rings is 2. The first-order valence-electron chi connectivity index (χ1n) is 11.1. The largest absolute Gasteiger partial charge is 0.497 e. The maximum absolute atomic E-state index is 13.6. The second-order valence-electron chi connectivity index (χ2n) is 7.98. The van der Waals surface area contributed by atoms with E-state index in [0.29, 0.717) is 32.0 Å². The van der Waals surface area contributed by atoms with E-state index in [1.54, 1.807) is 26.4 Å². The summed E-state index contributed by atoms with van der Waals surface area (Å²) in [7, 11) is 3.30. The van der Waals surface area contributed by atoms with Gasteiger partial charge in [0.2, 0.25) is 0 Å². The molecule has 0 amide bonds. The van der Waals surface area contributed by atoms with Crippen molar-refractivity contribution in [2.24, 2.45) is 0 Å². The van der Waals surface area contributed by atoms with Crippen LogP contribution in [0.25, 0.3) is 0 Å². The summed E-state index contributed by atoms with van der Waals surface area (Å²) in [5, 5.41) is 10.6. The van der Waals surface area contributed by atoms with Crippen LogP contribution in [0.5, 0.6) is 11.5 Å². The summed E-state index contributed by atoms with van der Waals surface area (Å²) in [6.45, 7) is 3.33. The lowest BCUT2D eigenvalue weighted by molar-refractivity contribution is 0.0610. The third-order valence-electron chi connectivity index (χ3n) is 5.34. The molecule has 0 aliphatic heterocycles. The summed E-state index contributed by atoms with van der Waals surface area (Å²) in [6.07, 6.45) is 2.20. The topological polar surface area (TPSA) is 56.1 Å². The first-order chi connectivity index (χ1) is 16.1. The number of aliphatic hydroxyl groups is 1. The second-order valence-corrected chi connectivity index (χ2v) is 7.98. The Bertz CT molecular complexity index is 961. The van der Waals surface area contributed by atoms with Crippen LogP contribution in [0.1, 0.15) is 17.7 Å². The van der Waals surface area contributed by atoms with Crippen LogP contribution in [0.2, 0.25) is 0 Å². The van der Waals surface area contributed by atoms with Crippen molar-refractivity contribution in [1.29, 1.82) is 0 Å². The van der Waals surface area contributed by atoms with Gasteiger partial charge in [0, 0.05) is 51.8 Å². The van der Waals surface area contributed by atoms with Gasteiger partial charge >= 0.3 is 0 Å². The van der Waals surface area contributed by atoms with Gasteiger partial charge in [-0.3, -0.25) is 4.90 Å². The highest BCUT2D eigenvalue weighted by atomic mass is 19.1. The predicted molar refractivity (Wildman–Crippen MR) is 126 cm³/mol. The van der Waals surface area contributed by atoms with Gasteiger partial charge in [0.25, 0.3) is 0 Å². The molecule has 1 aromatic heterocycles. The Labute approximate surface area is 195 Å². The molecule has 1 heterocycles. The molecule has 0 fully saturated rings. The summed E-state index contributed by atoms with van der Waals surface area (Å²) in [6, 6.07) is 18.0. The fourth-order valence-corrected chi connectivity index (χ4v) is 3.69. The predicted octanol–water partition coefficient (Wildman–Crippen LogP) is 3.96. The molecule has 1 atom stereocenters. The molecule has 33 heavy (non-hydrogen) atoms. The van der Waals surface area contributed by atoms with Gasteiger partial charge in [-0.1, -0.05) is 12.1 Å². The van der Waals surface area contributed by atoms with Crippen molar-refractivity contribution in [2.45, 2.75) is 25.6 Å². The van der Waals surface area contributed by atoms with Gasteiger partial charge in [-0.2, -0.15) is 0 Å². The van der Waals surface area contributed by atoms with E-state index in [9.17, 15) is 9.50 Å². The molecule has 0 saturated heterocycles. The number of ether oxygens (including phenoxy) is 3. The number of hydrogen-bond acceptors (Lipinski definition) is 5. The normalized spacial score (nSPS) is 12.2. The average Bonchev–Trinajstić information content (AvgIpc) is 3.24. The fraction of sp³-hybridized carbons (Fsp3) is 0.385. The van der Waals surface area contributed by atoms with E-state index in [-0.39, 0.29) is 12.4 Å². The Kier molecular flexibility index (Phi) is 9.75. The third-order valence-corrected chi connectivity index (χ3v) is 5.34. The van der Waals surface area contributed by atoms with Crippen molar-refractivity contribution in [3.8, 4) is 11.5 Å². The lowest BCUT2D eigenvalue weighted by Gasteiger charge is -2.26. The van der Waals surface area contributed by atoms with Gasteiger partial charge < -0.3 is 23.9 Å². The Morgan fingerprint density at radius 1 is 1.03 bits per heavy atom. The van der Waals surface area contributed by atoms with Crippen molar-refractivity contribution in [2.75, 3.05) is 40.5 Å². The van der Waals surface area contributed by atoms with E-state index in [1.807, 2.05) is 42.6 Å². The van der Waals surface area contributed by atoms with E-state index < -0.39 is 6.10 Å². The molecule has 1 N–H and O–H groups in total. The number of aromatic nitrogens is 1. The van der Waals surface area contributed by atoms with E-state index in [1.165, 1.54) is 6.07 Å². The Hall–Kier alpha value is -2.87. The van der Waals surface area contributed by atoms with Crippen LogP contribution in [-0.4, -0.2) is 61.2 Å². The summed E-state index contributed by atoms with van der Waals surface area (Å²) < 4.78 is 31.8. The number of nitrogens with zero attached hydrogens (tertiary/aromatic N) is 2. The monoisotopic (exact) mass is 456 g/mol. The number of aliphatic hydroxyl groups excluding tert-OH is 1. The van der Waals surface area contributed by atoms with Crippen molar-refractivity contribution in [3.05, 3.63) is 83.9 Å². The van der Waals surface area contributed by atoms with Crippen molar-refractivity contribution in [3.63, 3.8) is 0 Å². The Balaban J connectivity index is 1.59.